The number of carbonyl (C=O) groups excluding carboxylic acids is 2. The first-order valence-electron chi connectivity index (χ1n) is 7.11. The summed E-state index contributed by atoms with van der Waals surface area (Å²) in [5, 5.41) is 0.960. The summed E-state index contributed by atoms with van der Waals surface area (Å²) in [5.74, 6) is -3.36. The molecule has 0 saturated heterocycles. The summed E-state index contributed by atoms with van der Waals surface area (Å²) in [7, 11) is 0. The van der Waals surface area contributed by atoms with Crippen molar-refractivity contribution in [1.82, 2.24) is 0 Å². The number of ketones is 1. The van der Waals surface area contributed by atoms with Crippen molar-refractivity contribution in [3.63, 3.8) is 0 Å². The lowest BCUT2D eigenvalue weighted by Crippen LogP contribution is -2.14. The number of Topliss-reactive ketones (excluding diaryl/α,β-unsaturated/α-hetero) is 1. The molecule has 0 atom stereocenters. The number of rotatable bonds is 4. The molecule has 6 heteroatoms. The van der Waals surface area contributed by atoms with Gasteiger partial charge in [-0.1, -0.05) is 18.2 Å². The maximum absolute atomic E-state index is 13.1. The molecule has 0 unspecified atom stereocenters. The van der Waals surface area contributed by atoms with Gasteiger partial charge in [0.15, 0.2) is 24.0 Å². The van der Waals surface area contributed by atoms with Crippen LogP contribution in [-0.4, -0.2) is 18.4 Å². The van der Waals surface area contributed by atoms with Gasteiger partial charge < -0.3 is 4.74 Å². The van der Waals surface area contributed by atoms with E-state index in [2.05, 4.69) is 0 Å². The Morgan fingerprint density at radius 2 is 1.83 bits per heavy atom. The third-order valence-electron chi connectivity index (χ3n) is 3.61. The van der Waals surface area contributed by atoms with Crippen molar-refractivity contribution in [3.8, 4) is 0 Å². The van der Waals surface area contributed by atoms with Gasteiger partial charge in [0.05, 0.1) is 0 Å². The van der Waals surface area contributed by atoms with E-state index in [1.54, 1.807) is 0 Å². The lowest BCUT2D eigenvalue weighted by molar-refractivity contribution is 0.0479. The molecule has 0 spiro atoms. The van der Waals surface area contributed by atoms with Crippen molar-refractivity contribution in [2.24, 2.45) is 0 Å². The van der Waals surface area contributed by atoms with Crippen LogP contribution in [0.3, 0.4) is 0 Å². The standard InChI is InChI=1S/C18H12F2O3S/c1-10-12-4-2-3-5-16(12)24-17(10)18(22)23-9-15(21)11-6-7-13(19)14(20)8-11/h2-8H,9H2,1H3. The number of esters is 1. The molecule has 0 amide bonds. The van der Waals surface area contributed by atoms with Crippen LogP contribution in [0, 0.1) is 18.6 Å². The Kier molecular flexibility index (Phi) is 4.40. The molecule has 3 aromatic rings. The second kappa shape index (κ2) is 6.49. The van der Waals surface area contributed by atoms with Crippen molar-refractivity contribution in [2.45, 2.75) is 6.92 Å². The lowest BCUT2D eigenvalue weighted by atomic mass is 10.1. The SMILES string of the molecule is Cc1c(C(=O)OCC(=O)c2ccc(F)c(F)c2)sc2ccccc12. The average molecular weight is 346 g/mol. The molecule has 1 heterocycles. The molecular weight excluding hydrogens is 334 g/mol. The minimum atomic E-state index is -1.12. The number of halogens is 2. The molecule has 1 aromatic heterocycles. The zero-order valence-corrected chi connectivity index (χ0v) is 13.5. The summed E-state index contributed by atoms with van der Waals surface area (Å²) in [5.41, 5.74) is 0.746. The van der Waals surface area contributed by atoms with E-state index in [1.807, 2.05) is 31.2 Å². The highest BCUT2D eigenvalue weighted by molar-refractivity contribution is 7.21. The normalized spacial score (nSPS) is 10.8. The fourth-order valence-electron chi connectivity index (χ4n) is 2.32. The Labute approximate surface area is 140 Å². The summed E-state index contributed by atoms with van der Waals surface area (Å²) in [6.45, 7) is 1.28. The molecule has 0 bridgehead atoms. The number of ether oxygens (including phenoxy) is 1. The van der Waals surface area contributed by atoms with Gasteiger partial charge in [0.2, 0.25) is 0 Å². The van der Waals surface area contributed by atoms with E-state index in [0.29, 0.717) is 4.88 Å². The average Bonchev–Trinajstić information content (AvgIpc) is 2.92. The first kappa shape index (κ1) is 16.3. The van der Waals surface area contributed by atoms with Crippen LogP contribution in [0.2, 0.25) is 0 Å². The van der Waals surface area contributed by atoms with Crippen molar-refractivity contribution in [3.05, 3.63) is 70.1 Å². The van der Waals surface area contributed by atoms with Gasteiger partial charge in [0.1, 0.15) is 4.88 Å². The van der Waals surface area contributed by atoms with Gasteiger partial charge in [-0.3, -0.25) is 4.79 Å². The maximum Gasteiger partial charge on any atom is 0.349 e. The van der Waals surface area contributed by atoms with Gasteiger partial charge in [0, 0.05) is 10.3 Å². The molecule has 0 aliphatic rings. The summed E-state index contributed by atoms with van der Waals surface area (Å²) >= 11 is 1.29. The van der Waals surface area contributed by atoms with Crippen LogP contribution < -0.4 is 0 Å². The van der Waals surface area contributed by atoms with E-state index < -0.39 is 30.0 Å². The number of fused-ring (bicyclic) bond motifs is 1. The predicted octanol–water partition coefficient (Wildman–Crippen LogP) is 4.53. The number of carbonyl (C=O) groups is 2. The van der Waals surface area contributed by atoms with Gasteiger partial charge in [-0.05, 0) is 42.1 Å². The number of thiophene rings is 1. The summed E-state index contributed by atoms with van der Waals surface area (Å²) in [4.78, 5) is 24.6. The fourth-order valence-corrected chi connectivity index (χ4v) is 3.42. The highest BCUT2D eigenvalue weighted by atomic mass is 32.1. The Hall–Kier alpha value is -2.60. The van der Waals surface area contributed by atoms with Crippen molar-refractivity contribution >= 4 is 33.2 Å². The first-order valence-corrected chi connectivity index (χ1v) is 7.92. The zero-order chi connectivity index (χ0) is 17.3. The maximum atomic E-state index is 13.1. The second-order valence-electron chi connectivity index (χ2n) is 5.18. The molecular formula is C18H12F2O3S. The topological polar surface area (TPSA) is 43.4 Å². The van der Waals surface area contributed by atoms with E-state index in [9.17, 15) is 18.4 Å². The minimum absolute atomic E-state index is 0.0465. The Bertz CT molecular complexity index is 947. The lowest BCUT2D eigenvalue weighted by Gasteiger charge is -2.04. The van der Waals surface area contributed by atoms with Crippen LogP contribution >= 0.6 is 11.3 Å². The fraction of sp³-hybridized carbons (Fsp3) is 0.111. The molecule has 122 valence electrons. The molecule has 3 rings (SSSR count). The van der Waals surface area contributed by atoms with Crippen molar-refractivity contribution in [2.75, 3.05) is 6.61 Å². The quantitative estimate of drug-likeness (QED) is 0.515. The predicted molar refractivity (Wildman–Crippen MR) is 87.5 cm³/mol. The smallest absolute Gasteiger partial charge is 0.349 e. The highest BCUT2D eigenvalue weighted by Crippen LogP contribution is 2.31. The molecule has 0 aliphatic heterocycles. The molecule has 3 nitrogen and oxygen atoms in total. The van der Waals surface area contributed by atoms with E-state index in [1.165, 1.54) is 11.3 Å². The van der Waals surface area contributed by atoms with Gasteiger partial charge in [-0.2, -0.15) is 0 Å². The molecule has 0 saturated carbocycles. The van der Waals surface area contributed by atoms with E-state index >= 15 is 0 Å². The summed E-state index contributed by atoms with van der Waals surface area (Å²) in [6, 6.07) is 10.4. The molecule has 24 heavy (non-hydrogen) atoms. The van der Waals surface area contributed by atoms with Crippen LogP contribution in [0.25, 0.3) is 10.1 Å². The van der Waals surface area contributed by atoms with Gasteiger partial charge >= 0.3 is 5.97 Å². The summed E-state index contributed by atoms with van der Waals surface area (Å²) < 4.78 is 32.0. The Balaban J connectivity index is 1.73. The van der Waals surface area contributed by atoms with Crippen molar-refractivity contribution in [1.29, 1.82) is 0 Å². The van der Waals surface area contributed by atoms with E-state index in [0.717, 1.165) is 33.8 Å². The number of hydrogen-bond acceptors (Lipinski definition) is 4. The number of hydrogen-bond donors (Lipinski definition) is 0. The van der Waals surface area contributed by atoms with Crippen LogP contribution in [0.1, 0.15) is 25.6 Å². The third kappa shape index (κ3) is 3.05. The minimum Gasteiger partial charge on any atom is -0.453 e. The molecule has 0 aliphatic carbocycles. The third-order valence-corrected chi connectivity index (χ3v) is 4.86. The Morgan fingerprint density at radius 1 is 1.08 bits per heavy atom. The van der Waals surface area contributed by atoms with E-state index in [-0.39, 0.29) is 5.56 Å². The van der Waals surface area contributed by atoms with Gasteiger partial charge in [-0.15, -0.1) is 11.3 Å². The number of benzene rings is 2. The molecule has 0 N–H and O–H groups in total. The van der Waals surface area contributed by atoms with Gasteiger partial charge in [0.25, 0.3) is 0 Å². The molecule has 0 radical (unpaired) electrons. The highest BCUT2D eigenvalue weighted by Gasteiger charge is 2.18. The van der Waals surface area contributed by atoms with Crippen molar-refractivity contribution < 1.29 is 23.1 Å². The van der Waals surface area contributed by atoms with Gasteiger partial charge in [-0.25, -0.2) is 13.6 Å². The molecule has 2 aromatic carbocycles. The number of aryl methyl sites for hydroxylation is 1. The first-order chi connectivity index (χ1) is 11.5. The Morgan fingerprint density at radius 3 is 2.54 bits per heavy atom. The second-order valence-corrected chi connectivity index (χ2v) is 6.23. The van der Waals surface area contributed by atoms with E-state index in [4.69, 9.17) is 4.74 Å². The van der Waals surface area contributed by atoms with Crippen LogP contribution in [-0.2, 0) is 4.74 Å². The van der Waals surface area contributed by atoms with Crippen LogP contribution in [0.15, 0.2) is 42.5 Å². The zero-order valence-electron chi connectivity index (χ0n) is 12.6. The van der Waals surface area contributed by atoms with Crippen LogP contribution in [0.4, 0.5) is 8.78 Å². The monoisotopic (exact) mass is 346 g/mol. The summed E-state index contributed by atoms with van der Waals surface area (Å²) in [6.07, 6.45) is 0. The largest absolute Gasteiger partial charge is 0.453 e. The molecule has 0 fully saturated rings. The van der Waals surface area contributed by atoms with Crippen LogP contribution in [0.5, 0.6) is 0 Å².